The number of amides is 1. The van der Waals surface area contributed by atoms with E-state index in [0.717, 1.165) is 18.5 Å². The van der Waals surface area contributed by atoms with E-state index in [1.54, 1.807) is 12.4 Å². The summed E-state index contributed by atoms with van der Waals surface area (Å²) in [5, 5.41) is 8.30. The zero-order chi connectivity index (χ0) is 15.8. The Kier molecular flexibility index (Phi) is 3.33. The minimum atomic E-state index is 0.0407. The van der Waals surface area contributed by atoms with Gasteiger partial charge in [-0.1, -0.05) is 30.3 Å². The van der Waals surface area contributed by atoms with Crippen molar-refractivity contribution in [3.8, 4) is 0 Å². The number of likely N-dealkylation sites (tertiary alicyclic amines) is 1. The molecule has 1 aromatic carbocycles. The first kappa shape index (κ1) is 13.9. The van der Waals surface area contributed by atoms with Gasteiger partial charge in [-0.2, -0.15) is 14.8 Å². The molecule has 1 aliphatic heterocycles. The number of carbonyl (C=O) groups excluding carboxylic acids is 1. The monoisotopic (exact) mass is 306 g/mol. The van der Waals surface area contributed by atoms with Gasteiger partial charge in [-0.25, -0.2) is 0 Å². The highest BCUT2D eigenvalue weighted by Crippen LogP contribution is 2.34. The van der Waals surface area contributed by atoms with Gasteiger partial charge >= 0.3 is 0 Å². The normalized spacial score (nSPS) is 21.0. The standard InChI is InChI=1S/C18H18N4O/c1-13-15(14-6-3-2-4-7-14)9-11-21(13)18(23)16-12-20-22-17(16)8-5-10-19-22/h2-8,10,12-13,15H,9,11H2,1H3. The molecule has 4 rings (SSSR count). The summed E-state index contributed by atoms with van der Waals surface area (Å²) in [4.78, 5) is 14.9. The minimum Gasteiger partial charge on any atom is -0.335 e. The van der Waals surface area contributed by atoms with Crippen molar-refractivity contribution in [2.75, 3.05) is 6.54 Å². The number of carbonyl (C=O) groups is 1. The lowest BCUT2D eigenvalue weighted by atomic mass is 9.93. The number of fused-ring (bicyclic) bond motifs is 1. The lowest BCUT2D eigenvalue weighted by molar-refractivity contribution is 0.0744. The van der Waals surface area contributed by atoms with E-state index >= 15 is 0 Å². The van der Waals surface area contributed by atoms with Gasteiger partial charge in [0.25, 0.3) is 5.91 Å². The van der Waals surface area contributed by atoms with Crippen molar-refractivity contribution in [1.29, 1.82) is 0 Å². The largest absolute Gasteiger partial charge is 0.335 e. The van der Waals surface area contributed by atoms with Crippen LogP contribution in [0.5, 0.6) is 0 Å². The molecular formula is C18H18N4O. The second-order valence-electron chi connectivity index (χ2n) is 6.00. The first-order valence-electron chi connectivity index (χ1n) is 7.90. The van der Waals surface area contributed by atoms with Crippen molar-refractivity contribution in [2.24, 2.45) is 0 Å². The number of hydrogen-bond acceptors (Lipinski definition) is 3. The maximum atomic E-state index is 13.0. The van der Waals surface area contributed by atoms with Gasteiger partial charge in [0.1, 0.15) is 5.52 Å². The van der Waals surface area contributed by atoms with Crippen molar-refractivity contribution in [1.82, 2.24) is 19.7 Å². The van der Waals surface area contributed by atoms with Gasteiger partial charge in [0.15, 0.2) is 0 Å². The van der Waals surface area contributed by atoms with Gasteiger partial charge < -0.3 is 4.90 Å². The number of aromatic nitrogens is 3. The summed E-state index contributed by atoms with van der Waals surface area (Å²) in [6.45, 7) is 2.91. The molecule has 23 heavy (non-hydrogen) atoms. The molecule has 0 saturated carbocycles. The first-order chi connectivity index (χ1) is 11.3. The van der Waals surface area contributed by atoms with Gasteiger partial charge in [0, 0.05) is 24.7 Å². The molecule has 1 fully saturated rings. The van der Waals surface area contributed by atoms with Crippen molar-refractivity contribution < 1.29 is 4.79 Å². The first-order valence-corrected chi connectivity index (χ1v) is 7.90. The van der Waals surface area contributed by atoms with Crippen LogP contribution in [0.3, 0.4) is 0 Å². The summed E-state index contributed by atoms with van der Waals surface area (Å²) in [7, 11) is 0. The molecule has 116 valence electrons. The Morgan fingerprint density at radius 1 is 1.13 bits per heavy atom. The zero-order valence-corrected chi connectivity index (χ0v) is 13.0. The van der Waals surface area contributed by atoms with E-state index in [2.05, 4.69) is 41.4 Å². The fourth-order valence-corrected chi connectivity index (χ4v) is 3.52. The molecule has 5 nitrogen and oxygen atoms in total. The second kappa shape index (κ2) is 5.50. The fourth-order valence-electron chi connectivity index (χ4n) is 3.52. The third-order valence-electron chi connectivity index (χ3n) is 4.78. The molecule has 0 aliphatic carbocycles. The van der Waals surface area contributed by atoms with Crippen LogP contribution in [-0.2, 0) is 0 Å². The van der Waals surface area contributed by atoms with Crippen molar-refractivity contribution >= 4 is 11.4 Å². The summed E-state index contributed by atoms with van der Waals surface area (Å²) in [6.07, 6.45) is 4.28. The van der Waals surface area contributed by atoms with Gasteiger partial charge in [-0.05, 0) is 31.0 Å². The Bertz CT molecular complexity index is 842. The van der Waals surface area contributed by atoms with E-state index in [9.17, 15) is 4.79 Å². The Labute approximate surface area is 134 Å². The van der Waals surface area contributed by atoms with Crippen LogP contribution in [0.1, 0.15) is 35.2 Å². The summed E-state index contributed by atoms with van der Waals surface area (Å²) in [5.74, 6) is 0.430. The smallest absolute Gasteiger partial charge is 0.258 e. The Hall–Kier alpha value is -2.69. The molecule has 5 heteroatoms. The minimum absolute atomic E-state index is 0.0407. The summed E-state index contributed by atoms with van der Waals surface area (Å²) >= 11 is 0. The lowest BCUT2D eigenvalue weighted by Crippen LogP contribution is -2.35. The number of hydrogen-bond donors (Lipinski definition) is 0. The molecule has 0 N–H and O–H groups in total. The van der Waals surface area contributed by atoms with Crippen molar-refractivity contribution in [3.63, 3.8) is 0 Å². The molecule has 2 unspecified atom stereocenters. The van der Waals surface area contributed by atoms with Gasteiger partial charge in [-0.3, -0.25) is 4.79 Å². The molecule has 3 aromatic rings. The molecule has 2 aromatic heterocycles. The van der Waals surface area contributed by atoms with Crippen LogP contribution in [0.15, 0.2) is 54.9 Å². The van der Waals surface area contributed by atoms with E-state index < -0.39 is 0 Å². The maximum Gasteiger partial charge on any atom is 0.258 e. The zero-order valence-electron chi connectivity index (χ0n) is 13.0. The lowest BCUT2D eigenvalue weighted by Gasteiger charge is -2.24. The fraction of sp³-hybridized carbons (Fsp3) is 0.278. The van der Waals surface area contributed by atoms with Gasteiger partial charge in [0.05, 0.1) is 11.8 Å². The predicted octanol–water partition coefficient (Wildman–Crippen LogP) is 2.75. The van der Waals surface area contributed by atoms with Crippen LogP contribution in [0.25, 0.3) is 5.52 Å². The van der Waals surface area contributed by atoms with Crippen LogP contribution in [-0.4, -0.2) is 38.2 Å². The SMILES string of the molecule is CC1C(c2ccccc2)CCN1C(=O)c1cnn2ncccc12. The average Bonchev–Trinajstić information content (AvgIpc) is 3.19. The van der Waals surface area contributed by atoms with E-state index in [1.165, 1.54) is 10.2 Å². The highest BCUT2D eigenvalue weighted by Gasteiger charge is 2.35. The summed E-state index contributed by atoms with van der Waals surface area (Å²) in [6, 6.07) is 14.3. The highest BCUT2D eigenvalue weighted by molar-refractivity contribution is 6.00. The third-order valence-corrected chi connectivity index (χ3v) is 4.78. The molecule has 0 bridgehead atoms. The molecule has 0 radical (unpaired) electrons. The average molecular weight is 306 g/mol. The van der Waals surface area contributed by atoms with E-state index in [0.29, 0.717) is 11.5 Å². The molecule has 2 atom stereocenters. The summed E-state index contributed by atoms with van der Waals surface area (Å²) < 4.78 is 1.50. The van der Waals surface area contributed by atoms with Crippen LogP contribution in [0.4, 0.5) is 0 Å². The van der Waals surface area contributed by atoms with E-state index in [1.807, 2.05) is 23.1 Å². The van der Waals surface area contributed by atoms with Crippen LogP contribution in [0.2, 0.25) is 0 Å². The van der Waals surface area contributed by atoms with Crippen LogP contribution >= 0.6 is 0 Å². The third kappa shape index (κ3) is 2.29. The molecule has 1 aliphatic rings. The van der Waals surface area contributed by atoms with Crippen LogP contribution in [0, 0.1) is 0 Å². The molecule has 0 spiro atoms. The van der Waals surface area contributed by atoms with Gasteiger partial charge in [-0.15, -0.1) is 0 Å². The van der Waals surface area contributed by atoms with Crippen molar-refractivity contribution in [2.45, 2.75) is 25.3 Å². The topological polar surface area (TPSA) is 50.5 Å². The maximum absolute atomic E-state index is 13.0. The van der Waals surface area contributed by atoms with Gasteiger partial charge in [0.2, 0.25) is 0 Å². The molecular weight excluding hydrogens is 288 g/mol. The Morgan fingerprint density at radius 3 is 2.78 bits per heavy atom. The highest BCUT2D eigenvalue weighted by atomic mass is 16.2. The quantitative estimate of drug-likeness (QED) is 0.731. The summed E-state index contributed by atoms with van der Waals surface area (Å²) in [5.41, 5.74) is 2.68. The Morgan fingerprint density at radius 2 is 1.96 bits per heavy atom. The Balaban J connectivity index is 1.62. The van der Waals surface area contributed by atoms with E-state index in [-0.39, 0.29) is 11.9 Å². The number of benzene rings is 1. The molecule has 3 heterocycles. The number of nitrogens with zero attached hydrogens (tertiary/aromatic N) is 4. The predicted molar refractivity (Wildman–Crippen MR) is 87.3 cm³/mol. The second-order valence-corrected chi connectivity index (χ2v) is 6.00. The number of rotatable bonds is 2. The van der Waals surface area contributed by atoms with Crippen LogP contribution < -0.4 is 0 Å². The molecule has 1 amide bonds. The molecule has 1 saturated heterocycles. The van der Waals surface area contributed by atoms with Crippen molar-refractivity contribution in [3.05, 3.63) is 66.0 Å². The van der Waals surface area contributed by atoms with E-state index in [4.69, 9.17) is 0 Å².